The van der Waals surface area contributed by atoms with E-state index in [0.717, 1.165) is 30.9 Å². The number of nitrogens with two attached hydrogens (primary N) is 2. The molecule has 0 unspecified atom stereocenters. The molecule has 1 amide bonds. The van der Waals surface area contributed by atoms with Crippen LogP contribution in [0.25, 0.3) is 0 Å². The number of hydrogen-bond acceptors (Lipinski definition) is 3. The summed E-state index contributed by atoms with van der Waals surface area (Å²) in [4.78, 5) is 13.4. The minimum atomic E-state index is -0.465. The third-order valence-electron chi connectivity index (χ3n) is 3.75. The molecular weight excluding hydrogens is 286 g/mol. The van der Waals surface area contributed by atoms with Gasteiger partial charge in [0.05, 0.1) is 0 Å². The van der Waals surface area contributed by atoms with Gasteiger partial charge in [-0.1, -0.05) is 23.7 Å². The number of anilines is 1. The number of nitrogen functional groups attached to an aromatic ring is 1. The fourth-order valence-corrected chi connectivity index (χ4v) is 2.91. The molecule has 1 heterocycles. The van der Waals surface area contributed by atoms with Gasteiger partial charge in [0.2, 0.25) is 5.91 Å². The first-order valence-corrected chi connectivity index (χ1v) is 7.08. The van der Waals surface area contributed by atoms with E-state index in [2.05, 4.69) is 11.0 Å². The Hall–Kier alpha value is -2.04. The van der Waals surface area contributed by atoms with Gasteiger partial charge in [0, 0.05) is 35.9 Å². The van der Waals surface area contributed by atoms with E-state index in [1.165, 1.54) is 11.1 Å². The average molecular weight is 302 g/mol. The van der Waals surface area contributed by atoms with Crippen LogP contribution in [-0.2, 0) is 19.6 Å². The molecular formula is C16H16ClN3O. The van der Waals surface area contributed by atoms with Crippen LogP contribution >= 0.6 is 11.6 Å². The maximum atomic E-state index is 11.1. The van der Waals surface area contributed by atoms with Crippen molar-refractivity contribution >= 4 is 23.2 Å². The van der Waals surface area contributed by atoms with Crippen LogP contribution in [-0.4, -0.2) is 10.8 Å². The van der Waals surface area contributed by atoms with E-state index in [1.807, 2.05) is 18.2 Å². The summed E-state index contributed by atoms with van der Waals surface area (Å²) in [6.07, 6.45) is 0. The van der Waals surface area contributed by atoms with Gasteiger partial charge in [-0.25, -0.2) is 0 Å². The molecule has 0 saturated heterocycles. The fraction of sp³-hybridized carbons (Fsp3) is 0.188. The fourth-order valence-electron chi connectivity index (χ4n) is 2.67. The van der Waals surface area contributed by atoms with Crippen molar-refractivity contribution in [3.05, 3.63) is 63.7 Å². The second-order valence-corrected chi connectivity index (χ2v) is 5.75. The lowest BCUT2D eigenvalue weighted by molar-refractivity contribution is 0.100. The summed E-state index contributed by atoms with van der Waals surface area (Å²) in [5.41, 5.74) is 15.8. The molecule has 0 atom stereocenters. The molecule has 5 heteroatoms. The summed E-state index contributed by atoms with van der Waals surface area (Å²) >= 11 is 6.23. The lowest BCUT2D eigenvalue weighted by Gasteiger charge is -2.16. The lowest BCUT2D eigenvalue weighted by atomic mass is 10.1. The molecule has 1 aliphatic heterocycles. The molecule has 0 saturated carbocycles. The van der Waals surface area contributed by atoms with Gasteiger partial charge in [-0.15, -0.1) is 0 Å². The van der Waals surface area contributed by atoms with Crippen LogP contribution < -0.4 is 11.5 Å². The number of carbonyl (C=O) groups excluding carboxylic acids is 1. The summed E-state index contributed by atoms with van der Waals surface area (Å²) in [5, 5.41) is 0.571. The van der Waals surface area contributed by atoms with E-state index in [9.17, 15) is 4.79 Å². The number of carbonyl (C=O) groups is 1. The van der Waals surface area contributed by atoms with Gasteiger partial charge in [-0.05, 0) is 41.0 Å². The van der Waals surface area contributed by atoms with Crippen LogP contribution in [0.1, 0.15) is 27.0 Å². The minimum Gasteiger partial charge on any atom is -0.399 e. The first-order valence-electron chi connectivity index (χ1n) is 6.71. The molecule has 0 fully saturated rings. The van der Waals surface area contributed by atoms with Gasteiger partial charge in [-0.3, -0.25) is 9.69 Å². The van der Waals surface area contributed by atoms with Crippen molar-refractivity contribution in [2.75, 3.05) is 5.73 Å². The highest BCUT2D eigenvalue weighted by Crippen LogP contribution is 2.28. The molecule has 0 spiro atoms. The predicted molar refractivity (Wildman–Crippen MR) is 83.8 cm³/mol. The predicted octanol–water partition coefficient (Wildman–Crippen LogP) is 2.54. The second kappa shape index (κ2) is 5.39. The topological polar surface area (TPSA) is 72.4 Å². The van der Waals surface area contributed by atoms with Gasteiger partial charge in [-0.2, -0.15) is 0 Å². The molecule has 108 valence electrons. The van der Waals surface area contributed by atoms with Crippen molar-refractivity contribution in [1.29, 1.82) is 0 Å². The van der Waals surface area contributed by atoms with Gasteiger partial charge >= 0.3 is 0 Å². The number of nitrogens with zero attached hydrogens (tertiary/aromatic N) is 1. The number of amides is 1. The molecule has 21 heavy (non-hydrogen) atoms. The number of hydrogen-bond donors (Lipinski definition) is 2. The normalized spacial score (nSPS) is 14.1. The highest BCUT2D eigenvalue weighted by Gasteiger charge is 2.20. The molecule has 0 aliphatic carbocycles. The van der Waals surface area contributed by atoms with E-state index in [1.54, 1.807) is 12.1 Å². The summed E-state index contributed by atoms with van der Waals surface area (Å²) in [6.45, 7) is 2.46. The Morgan fingerprint density at radius 1 is 1.14 bits per heavy atom. The number of benzene rings is 2. The molecule has 4 N–H and O–H groups in total. The van der Waals surface area contributed by atoms with Crippen LogP contribution in [0.4, 0.5) is 5.69 Å². The minimum absolute atomic E-state index is 0.432. The Balaban J connectivity index is 1.76. The molecule has 2 aromatic carbocycles. The number of halogens is 1. The highest BCUT2D eigenvalue weighted by atomic mass is 35.5. The molecule has 0 radical (unpaired) electrons. The van der Waals surface area contributed by atoms with Crippen LogP contribution in [0.5, 0.6) is 0 Å². The third kappa shape index (κ3) is 2.86. The smallest absolute Gasteiger partial charge is 0.248 e. The summed E-state index contributed by atoms with van der Waals surface area (Å²) in [5.74, 6) is -0.465. The Morgan fingerprint density at radius 2 is 1.90 bits per heavy atom. The standard InChI is InChI=1S/C16H16ClN3O/c17-15-6-10(16(19)21)1-2-12(15)8-20-7-11-3-4-14(18)5-13(11)9-20/h1-6H,7-9,18H2,(H2,19,21). The van der Waals surface area contributed by atoms with Crippen molar-refractivity contribution in [3.63, 3.8) is 0 Å². The molecule has 1 aliphatic rings. The van der Waals surface area contributed by atoms with Crippen molar-refractivity contribution in [2.45, 2.75) is 19.6 Å². The van der Waals surface area contributed by atoms with Gasteiger partial charge in [0.1, 0.15) is 0 Å². The summed E-state index contributed by atoms with van der Waals surface area (Å²) in [7, 11) is 0. The summed E-state index contributed by atoms with van der Waals surface area (Å²) in [6, 6.07) is 11.2. The van der Waals surface area contributed by atoms with Crippen molar-refractivity contribution < 1.29 is 4.79 Å². The van der Waals surface area contributed by atoms with Gasteiger partial charge in [0.25, 0.3) is 0 Å². The first kappa shape index (κ1) is 13.9. The molecule has 0 aromatic heterocycles. The van der Waals surface area contributed by atoms with Crippen molar-refractivity contribution in [3.8, 4) is 0 Å². The number of fused-ring (bicyclic) bond motifs is 1. The monoisotopic (exact) mass is 301 g/mol. The largest absolute Gasteiger partial charge is 0.399 e. The summed E-state index contributed by atoms with van der Waals surface area (Å²) < 4.78 is 0. The van der Waals surface area contributed by atoms with E-state index in [0.29, 0.717) is 10.6 Å². The van der Waals surface area contributed by atoms with Crippen molar-refractivity contribution in [1.82, 2.24) is 4.90 Å². The quantitative estimate of drug-likeness (QED) is 0.856. The second-order valence-electron chi connectivity index (χ2n) is 5.34. The zero-order chi connectivity index (χ0) is 15.0. The third-order valence-corrected chi connectivity index (χ3v) is 4.10. The molecule has 3 rings (SSSR count). The highest BCUT2D eigenvalue weighted by molar-refractivity contribution is 6.31. The van der Waals surface area contributed by atoms with E-state index >= 15 is 0 Å². The van der Waals surface area contributed by atoms with E-state index < -0.39 is 5.91 Å². The lowest BCUT2D eigenvalue weighted by Crippen LogP contribution is -2.16. The zero-order valence-electron chi connectivity index (χ0n) is 11.5. The molecule has 4 nitrogen and oxygen atoms in total. The maximum Gasteiger partial charge on any atom is 0.248 e. The van der Waals surface area contributed by atoms with E-state index in [4.69, 9.17) is 23.1 Å². The van der Waals surface area contributed by atoms with Crippen LogP contribution in [0.2, 0.25) is 5.02 Å². The van der Waals surface area contributed by atoms with Crippen LogP contribution in [0.3, 0.4) is 0 Å². The van der Waals surface area contributed by atoms with Gasteiger partial charge in [0.15, 0.2) is 0 Å². The molecule has 0 bridgehead atoms. The Bertz CT molecular complexity index is 715. The van der Waals surface area contributed by atoms with Crippen LogP contribution in [0, 0.1) is 0 Å². The van der Waals surface area contributed by atoms with Crippen LogP contribution in [0.15, 0.2) is 36.4 Å². The van der Waals surface area contributed by atoms with E-state index in [-0.39, 0.29) is 0 Å². The first-order chi connectivity index (χ1) is 10.0. The SMILES string of the molecule is NC(=O)c1ccc(CN2Cc3ccc(N)cc3C2)c(Cl)c1. The zero-order valence-corrected chi connectivity index (χ0v) is 12.2. The number of primary amides is 1. The molecule has 2 aromatic rings. The van der Waals surface area contributed by atoms with Gasteiger partial charge < -0.3 is 11.5 Å². The maximum absolute atomic E-state index is 11.1. The Labute approximate surface area is 128 Å². The number of rotatable bonds is 3. The average Bonchev–Trinajstić information content (AvgIpc) is 2.82. The Morgan fingerprint density at radius 3 is 2.62 bits per heavy atom. The van der Waals surface area contributed by atoms with Crippen molar-refractivity contribution in [2.24, 2.45) is 5.73 Å². The Kier molecular flexibility index (Phi) is 3.57.